The van der Waals surface area contributed by atoms with Gasteiger partial charge >= 0.3 is 5.69 Å². The van der Waals surface area contributed by atoms with Gasteiger partial charge in [0, 0.05) is 34.3 Å². The van der Waals surface area contributed by atoms with Gasteiger partial charge in [0.25, 0.3) is 0 Å². The van der Waals surface area contributed by atoms with Crippen molar-refractivity contribution < 1.29 is 19.7 Å². The van der Waals surface area contributed by atoms with Gasteiger partial charge in [-0.2, -0.15) is 0 Å². The quantitative estimate of drug-likeness (QED) is 0.334. The molecule has 4 atom stereocenters. The molecule has 0 saturated carbocycles. The lowest BCUT2D eigenvalue weighted by molar-refractivity contribution is -0.102. The average Bonchev–Trinajstić information content (AvgIpc) is 3.00. The summed E-state index contributed by atoms with van der Waals surface area (Å²) < 4.78 is 6.69. The van der Waals surface area contributed by atoms with Crippen molar-refractivity contribution in [2.24, 2.45) is 5.11 Å². The molecule has 28 heavy (non-hydrogen) atoms. The van der Waals surface area contributed by atoms with Crippen LogP contribution in [-0.2, 0) is 4.74 Å². The van der Waals surface area contributed by atoms with Crippen LogP contribution in [0.1, 0.15) is 28.6 Å². The number of rotatable bonds is 5. The third kappa shape index (κ3) is 3.77. The maximum Gasteiger partial charge on any atom is 0.349 e. The number of ketones is 1. The molecule has 0 amide bonds. The molecule has 1 aromatic carbocycles. The number of hydrogen-bond donors (Lipinski definition) is 2. The van der Waals surface area contributed by atoms with Gasteiger partial charge < -0.3 is 14.9 Å². The fraction of sp³-hybridized carbons (Fsp3) is 0.353. The Bertz CT molecular complexity index is 1020. The van der Waals surface area contributed by atoms with E-state index in [1.807, 2.05) is 0 Å². The second-order valence-corrected chi connectivity index (χ2v) is 6.86. The Kier molecular flexibility index (Phi) is 5.50. The van der Waals surface area contributed by atoms with Crippen LogP contribution in [0.4, 0.5) is 0 Å². The van der Waals surface area contributed by atoms with Gasteiger partial charge in [-0.25, -0.2) is 9.78 Å². The highest BCUT2D eigenvalue weighted by Gasteiger charge is 2.53. The summed E-state index contributed by atoms with van der Waals surface area (Å²) in [6, 6.07) is 5.87. The molecule has 2 heterocycles. The number of benzene rings is 1. The van der Waals surface area contributed by atoms with Crippen molar-refractivity contribution in [1.29, 1.82) is 0 Å². The monoisotopic (exact) mass is 405 g/mol. The first kappa shape index (κ1) is 20.0. The van der Waals surface area contributed by atoms with E-state index in [1.54, 1.807) is 13.0 Å². The standard InChI is InChI=1S/C17H16ClN5O5/c1-9-7-20-16(26)23(8-9)12-6-17(27,21-22-19)15(28-12)14(25)13(24)10-3-2-4-11(18)5-10/h2-5,7-8,12,14-15,25,27H,6H2,1H3/t12-,14?,15-,17+/m1/s1. The Balaban J connectivity index is 1.96. The second-order valence-electron chi connectivity index (χ2n) is 6.42. The van der Waals surface area contributed by atoms with Gasteiger partial charge in [-0.15, -0.1) is 0 Å². The summed E-state index contributed by atoms with van der Waals surface area (Å²) >= 11 is 5.87. The summed E-state index contributed by atoms with van der Waals surface area (Å²) in [5.74, 6) is -0.783. The number of azide groups is 1. The van der Waals surface area contributed by atoms with Gasteiger partial charge in [-0.05, 0) is 30.2 Å². The molecule has 2 aromatic rings. The zero-order valence-electron chi connectivity index (χ0n) is 14.6. The predicted molar refractivity (Wildman–Crippen MR) is 97.6 cm³/mol. The molecule has 0 radical (unpaired) electrons. The normalized spacial score (nSPS) is 25.1. The van der Waals surface area contributed by atoms with Crippen molar-refractivity contribution in [1.82, 2.24) is 9.55 Å². The van der Waals surface area contributed by atoms with Crippen molar-refractivity contribution in [3.05, 3.63) is 73.7 Å². The van der Waals surface area contributed by atoms with Crippen LogP contribution in [0.25, 0.3) is 10.4 Å². The molecule has 0 spiro atoms. The molecule has 3 rings (SSSR count). The number of carbonyl (C=O) groups excluding carboxylic acids is 1. The molecular weight excluding hydrogens is 390 g/mol. The first-order chi connectivity index (χ1) is 13.2. The lowest BCUT2D eigenvalue weighted by Crippen LogP contribution is -2.47. The maximum atomic E-state index is 12.6. The Morgan fingerprint density at radius 2 is 2.32 bits per heavy atom. The minimum atomic E-state index is -2.25. The smallest absolute Gasteiger partial charge is 0.349 e. The zero-order chi connectivity index (χ0) is 20.5. The van der Waals surface area contributed by atoms with Crippen molar-refractivity contribution >= 4 is 17.4 Å². The summed E-state index contributed by atoms with van der Waals surface area (Å²) in [5.41, 5.74) is 6.64. The van der Waals surface area contributed by atoms with E-state index >= 15 is 0 Å². The van der Waals surface area contributed by atoms with Gasteiger partial charge in [0.2, 0.25) is 0 Å². The van der Waals surface area contributed by atoms with Crippen LogP contribution in [0.3, 0.4) is 0 Å². The molecule has 0 aliphatic carbocycles. The number of hydrogen-bond acceptors (Lipinski definition) is 7. The topological polar surface area (TPSA) is 150 Å². The van der Waals surface area contributed by atoms with Crippen LogP contribution >= 0.6 is 11.6 Å². The van der Waals surface area contributed by atoms with Crippen LogP contribution in [-0.4, -0.2) is 43.5 Å². The molecule has 0 bridgehead atoms. The number of aromatic nitrogens is 2. The molecule has 1 aliphatic rings. The van der Waals surface area contributed by atoms with Crippen molar-refractivity contribution in [2.45, 2.75) is 37.5 Å². The fourth-order valence-corrected chi connectivity index (χ4v) is 3.24. The van der Waals surface area contributed by atoms with E-state index in [9.17, 15) is 19.8 Å². The Morgan fingerprint density at radius 3 is 3.00 bits per heavy atom. The van der Waals surface area contributed by atoms with E-state index in [1.165, 1.54) is 30.6 Å². The molecular formula is C17H16ClN5O5. The van der Waals surface area contributed by atoms with E-state index in [4.69, 9.17) is 21.9 Å². The summed E-state index contributed by atoms with van der Waals surface area (Å²) in [4.78, 5) is 30.9. The number of halogens is 1. The molecule has 146 valence electrons. The van der Waals surface area contributed by atoms with E-state index < -0.39 is 35.6 Å². The molecule has 1 aliphatic heterocycles. The molecule has 1 unspecified atom stereocenters. The number of aryl methyl sites for hydroxylation is 1. The fourth-order valence-electron chi connectivity index (χ4n) is 3.05. The van der Waals surface area contributed by atoms with Crippen LogP contribution in [0, 0.1) is 6.92 Å². The summed E-state index contributed by atoms with van der Waals surface area (Å²) in [7, 11) is 0. The maximum absolute atomic E-state index is 12.6. The lowest BCUT2D eigenvalue weighted by Gasteiger charge is -2.26. The van der Waals surface area contributed by atoms with Gasteiger partial charge in [0.1, 0.15) is 18.4 Å². The highest BCUT2D eigenvalue weighted by Crippen LogP contribution is 2.39. The molecule has 1 fully saturated rings. The third-order valence-electron chi connectivity index (χ3n) is 4.37. The highest BCUT2D eigenvalue weighted by atomic mass is 35.5. The van der Waals surface area contributed by atoms with Gasteiger partial charge in [0.05, 0.1) is 0 Å². The largest absolute Gasteiger partial charge is 0.382 e. The number of nitrogens with zero attached hydrogens (tertiary/aromatic N) is 5. The number of carbonyl (C=O) groups is 1. The van der Waals surface area contributed by atoms with Crippen molar-refractivity contribution in [2.75, 3.05) is 0 Å². The van der Waals surface area contributed by atoms with E-state index in [2.05, 4.69) is 15.0 Å². The van der Waals surface area contributed by atoms with Gasteiger partial charge in [0.15, 0.2) is 11.5 Å². The van der Waals surface area contributed by atoms with Crippen LogP contribution in [0.15, 0.2) is 46.6 Å². The molecule has 10 nitrogen and oxygen atoms in total. The lowest BCUT2D eigenvalue weighted by atomic mass is 9.95. The first-order valence-corrected chi connectivity index (χ1v) is 8.60. The first-order valence-electron chi connectivity index (χ1n) is 8.22. The number of aliphatic hydroxyl groups is 2. The number of ether oxygens (including phenoxy) is 1. The van der Waals surface area contributed by atoms with Crippen LogP contribution in [0.5, 0.6) is 0 Å². The van der Waals surface area contributed by atoms with Gasteiger partial charge in [-0.1, -0.05) is 28.8 Å². The number of aliphatic hydroxyl groups excluding tert-OH is 1. The van der Waals surface area contributed by atoms with Crippen LogP contribution in [0.2, 0.25) is 5.02 Å². The Morgan fingerprint density at radius 1 is 1.57 bits per heavy atom. The van der Waals surface area contributed by atoms with Crippen LogP contribution < -0.4 is 5.69 Å². The Hall–Kier alpha value is -2.75. The zero-order valence-corrected chi connectivity index (χ0v) is 15.4. The van der Waals surface area contributed by atoms with Gasteiger partial charge in [-0.3, -0.25) is 9.36 Å². The second kappa shape index (κ2) is 7.70. The minimum Gasteiger partial charge on any atom is -0.382 e. The number of Topliss-reactive ketones (excluding diaryl/α,β-unsaturated/α-hetero) is 1. The van der Waals surface area contributed by atoms with Crippen molar-refractivity contribution in [3.63, 3.8) is 0 Å². The van der Waals surface area contributed by atoms with E-state index in [0.717, 1.165) is 4.57 Å². The predicted octanol–water partition coefficient (Wildman–Crippen LogP) is 1.74. The van der Waals surface area contributed by atoms with Crippen molar-refractivity contribution in [3.8, 4) is 0 Å². The summed E-state index contributed by atoms with van der Waals surface area (Å²) in [5, 5.41) is 24.9. The highest BCUT2D eigenvalue weighted by molar-refractivity contribution is 6.31. The molecule has 11 heteroatoms. The molecule has 2 N–H and O–H groups in total. The van der Waals surface area contributed by atoms with E-state index in [0.29, 0.717) is 5.56 Å². The SMILES string of the molecule is Cc1cnc(=O)n([C@H]2C[C@@](O)(N=[N+]=[N-])[C@@H](C(O)C(=O)c3cccc(Cl)c3)O2)c1. The summed E-state index contributed by atoms with van der Waals surface area (Å²) in [6.07, 6.45) is -2.11. The Labute approximate surface area is 163 Å². The minimum absolute atomic E-state index is 0.0877. The molecule has 1 aromatic heterocycles. The average molecular weight is 406 g/mol. The molecule has 1 saturated heterocycles. The summed E-state index contributed by atoms with van der Waals surface area (Å²) in [6.45, 7) is 1.70. The third-order valence-corrected chi connectivity index (χ3v) is 4.60. The van der Waals surface area contributed by atoms with E-state index in [-0.39, 0.29) is 17.0 Å².